The van der Waals surface area contributed by atoms with Crippen molar-refractivity contribution in [2.75, 3.05) is 19.8 Å². The number of carbonyl (C=O) groups excluding carboxylic acids is 4. The summed E-state index contributed by atoms with van der Waals surface area (Å²) in [5.74, 6) is -2.10. The van der Waals surface area contributed by atoms with E-state index in [0.29, 0.717) is 31.7 Å². The molecule has 2 aromatic rings. The van der Waals surface area contributed by atoms with E-state index in [9.17, 15) is 19.2 Å². The molecule has 2 aliphatic rings. The molecular weight excluding hydrogens is 613 g/mol. The molecule has 0 aliphatic carbocycles. The monoisotopic (exact) mass is 664 g/mol. The number of carbonyl (C=O) groups is 4. The molecule has 0 saturated carbocycles. The average molecular weight is 665 g/mol. The van der Waals surface area contributed by atoms with Crippen LogP contribution in [0, 0.1) is 17.3 Å². The molecule has 1 saturated heterocycles. The molecule has 2 aliphatic heterocycles. The zero-order chi connectivity index (χ0) is 34.5. The minimum atomic E-state index is -1.34. The lowest BCUT2D eigenvalue weighted by atomic mass is 9.78. The average Bonchev–Trinajstić information content (AvgIpc) is 3.02. The highest BCUT2D eigenvalue weighted by atomic mass is 28.3. The van der Waals surface area contributed by atoms with Crippen molar-refractivity contribution in [2.45, 2.75) is 97.8 Å². The number of hydrogen-bond acceptors (Lipinski definition) is 8. The van der Waals surface area contributed by atoms with Gasteiger partial charge in [0.25, 0.3) is 5.91 Å². The van der Waals surface area contributed by atoms with Gasteiger partial charge < -0.3 is 14.8 Å². The van der Waals surface area contributed by atoms with Gasteiger partial charge in [-0.15, -0.1) is 0 Å². The lowest BCUT2D eigenvalue weighted by molar-refractivity contribution is -0.157. The van der Waals surface area contributed by atoms with Gasteiger partial charge in [0, 0.05) is 39.0 Å². The summed E-state index contributed by atoms with van der Waals surface area (Å²) in [5.41, 5.74) is 4.21. The molecule has 2 amide bonds. The number of Topliss-reactive ketones (excluding diaryl/α,β-unsaturated/α-hetero) is 1. The zero-order valence-electron chi connectivity index (χ0n) is 29.2. The van der Waals surface area contributed by atoms with Crippen LogP contribution >= 0.6 is 0 Å². The molecule has 10 nitrogen and oxygen atoms in total. The highest BCUT2D eigenvalue weighted by Crippen LogP contribution is 2.30. The van der Waals surface area contributed by atoms with E-state index < -0.39 is 43.6 Å². The molecule has 1 aromatic carbocycles. The van der Waals surface area contributed by atoms with E-state index in [0.717, 1.165) is 22.5 Å². The molecule has 0 radical (unpaired) electrons. The van der Waals surface area contributed by atoms with Gasteiger partial charge in [-0.3, -0.25) is 24.2 Å². The van der Waals surface area contributed by atoms with Crippen molar-refractivity contribution in [2.24, 2.45) is 17.3 Å². The Morgan fingerprint density at radius 1 is 1.11 bits per heavy atom. The molecule has 11 heteroatoms. The minimum Gasteiger partial charge on any atom is -0.455 e. The predicted molar refractivity (Wildman–Crippen MR) is 186 cm³/mol. The number of nitrogens with zero attached hydrogens (tertiary/aromatic N) is 2. The number of cyclic esters (lactones) is 1. The quantitative estimate of drug-likeness (QED) is 0.237. The summed E-state index contributed by atoms with van der Waals surface area (Å²) in [6.07, 6.45) is 4.27. The summed E-state index contributed by atoms with van der Waals surface area (Å²) in [5, 5.41) is 5.16. The standard InChI is InChI=1S/C36H52N4O6Si/c1-23(2)28-21-32(41)36(5,22-45-18-19-47(6,7)8)16-15-26-11-12-27-13-14-29(38-31(27)20-26)25(4)46-35(44)30-10-9-17-40(39-30)34(43)24(3)37-33(28)42/h11-16,20,23-25,28,30,39H,9-10,17-19,21-22H2,1-8H3,(H,37,42)/b16-15+/t24-,25+,28-,30-,36-/m0/s1. The molecule has 5 atom stereocenters. The van der Waals surface area contributed by atoms with E-state index >= 15 is 0 Å². The van der Waals surface area contributed by atoms with Crippen LogP contribution < -0.4 is 10.7 Å². The van der Waals surface area contributed by atoms with E-state index in [4.69, 9.17) is 14.5 Å². The Kier molecular flexibility index (Phi) is 11.8. The first-order valence-corrected chi connectivity index (χ1v) is 20.6. The first-order chi connectivity index (χ1) is 22.1. The molecule has 256 valence electrons. The highest BCUT2D eigenvalue weighted by Gasteiger charge is 2.37. The summed E-state index contributed by atoms with van der Waals surface area (Å²) < 4.78 is 11.9. The first kappa shape index (κ1) is 36.4. The Hall–Kier alpha value is -3.41. The Labute approximate surface area is 280 Å². The molecule has 47 heavy (non-hydrogen) atoms. The van der Waals surface area contributed by atoms with Gasteiger partial charge >= 0.3 is 5.97 Å². The number of hydrazine groups is 1. The van der Waals surface area contributed by atoms with Gasteiger partial charge in [-0.1, -0.05) is 63.8 Å². The summed E-state index contributed by atoms with van der Waals surface area (Å²) in [7, 11) is -1.34. The van der Waals surface area contributed by atoms with Crippen LogP contribution in [0.1, 0.15) is 71.2 Å². The molecule has 1 fully saturated rings. The van der Waals surface area contributed by atoms with Gasteiger partial charge in [-0.25, -0.2) is 10.4 Å². The Bertz CT molecular complexity index is 1500. The van der Waals surface area contributed by atoms with E-state index in [1.54, 1.807) is 13.8 Å². The number of fused-ring (bicyclic) bond motifs is 4. The number of amides is 2. The second kappa shape index (κ2) is 15.2. The maximum atomic E-state index is 14.1. The normalized spacial score (nSPS) is 27.6. The first-order valence-electron chi connectivity index (χ1n) is 16.9. The van der Waals surface area contributed by atoms with Crippen molar-refractivity contribution in [3.8, 4) is 0 Å². The summed E-state index contributed by atoms with van der Waals surface area (Å²) >= 11 is 0. The number of rotatable bonds is 6. The van der Waals surface area contributed by atoms with E-state index in [-0.39, 0.29) is 36.5 Å². The molecule has 2 N–H and O–H groups in total. The molecule has 4 rings (SSSR count). The van der Waals surface area contributed by atoms with Crippen molar-refractivity contribution in [3.63, 3.8) is 0 Å². The SMILES string of the molecule is CC(C)[C@@H]1CC(=O)[C@](C)(COCC[Si](C)(C)C)/C=C/c2ccc3ccc(nc3c2)[C@@H](C)OC(=O)[C@@H]2CCCN(N2)C(=O)[C@H](C)NC1=O. The van der Waals surface area contributed by atoms with Crippen LogP contribution in [-0.4, -0.2) is 73.5 Å². The minimum absolute atomic E-state index is 0.000958. The van der Waals surface area contributed by atoms with E-state index in [1.807, 2.05) is 63.3 Å². The van der Waals surface area contributed by atoms with Crippen LogP contribution in [0.5, 0.6) is 0 Å². The fourth-order valence-corrected chi connectivity index (χ4v) is 6.51. The van der Waals surface area contributed by atoms with Crippen LogP contribution in [0.15, 0.2) is 36.4 Å². The maximum absolute atomic E-state index is 14.1. The third-order valence-electron chi connectivity index (χ3n) is 9.14. The molecule has 0 spiro atoms. The van der Waals surface area contributed by atoms with Gasteiger partial charge in [-0.05, 0) is 63.3 Å². The third-order valence-corrected chi connectivity index (χ3v) is 10.8. The van der Waals surface area contributed by atoms with Crippen LogP contribution in [0.25, 0.3) is 17.0 Å². The van der Waals surface area contributed by atoms with Crippen molar-refractivity contribution in [1.29, 1.82) is 0 Å². The summed E-state index contributed by atoms with van der Waals surface area (Å²) in [6, 6.07) is 9.08. The number of ketones is 1. The third kappa shape index (κ3) is 9.58. The number of pyridine rings is 1. The van der Waals surface area contributed by atoms with Crippen LogP contribution in [0.4, 0.5) is 0 Å². The summed E-state index contributed by atoms with van der Waals surface area (Å²) in [4.78, 5) is 59.1. The second-order valence-electron chi connectivity index (χ2n) is 14.9. The number of aromatic nitrogens is 1. The van der Waals surface area contributed by atoms with Gasteiger partial charge in [0.05, 0.1) is 23.2 Å². The van der Waals surface area contributed by atoms with Crippen molar-refractivity contribution in [1.82, 2.24) is 20.7 Å². The molecule has 3 heterocycles. The van der Waals surface area contributed by atoms with E-state index in [1.165, 1.54) is 5.01 Å². The number of benzene rings is 1. The largest absolute Gasteiger partial charge is 0.455 e. The lowest BCUT2D eigenvalue weighted by Crippen LogP contribution is -2.59. The zero-order valence-corrected chi connectivity index (χ0v) is 30.2. The number of hydrogen-bond donors (Lipinski definition) is 2. The van der Waals surface area contributed by atoms with Gasteiger partial charge in [0.1, 0.15) is 24.0 Å². The summed E-state index contributed by atoms with van der Waals surface area (Å²) in [6.45, 7) is 17.1. The fourth-order valence-electron chi connectivity index (χ4n) is 5.76. The Balaban J connectivity index is 1.72. The van der Waals surface area contributed by atoms with Crippen molar-refractivity contribution >= 4 is 48.6 Å². The molecular formula is C36H52N4O6Si. The molecule has 5 bridgehead atoms. The van der Waals surface area contributed by atoms with Gasteiger partial charge in [-0.2, -0.15) is 0 Å². The lowest BCUT2D eigenvalue weighted by Gasteiger charge is -2.35. The van der Waals surface area contributed by atoms with Crippen LogP contribution in [-0.2, 0) is 28.7 Å². The predicted octanol–water partition coefficient (Wildman–Crippen LogP) is 5.46. The van der Waals surface area contributed by atoms with Crippen molar-refractivity contribution in [3.05, 3.63) is 47.7 Å². The van der Waals surface area contributed by atoms with E-state index in [2.05, 4.69) is 30.4 Å². The smallest absolute Gasteiger partial charge is 0.325 e. The Morgan fingerprint density at radius 3 is 2.53 bits per heavy atom. The molecule has 1 aromatic heterocycles. The number of ether oxygens (including phenoxy) is 2. The van der Waals surface area contributed by atoms with Crippen LogP contribution in [0.3, 0.4) is 0 Å². The second-order valence-corrected chi connectivity index (χ2v) is 20.5. The number of nitrogens with one attached hydrogen (secondary N) is 2. The number of esters is 1. The van der Waals surface area contributed by atoms with Crippen LogP contribution in [0.2, 0.25) is 25.7 Å². The van der Waals surface area contributed by atoms with Crippen molar-refractivity contribution < 1.29 is 28.7 Å². The Morgan fingerprint density at radius 2 is 1.83 bits per heavy atom. The highest BCUT2D eigenvalue weighted by molar-refractivity contribution is 6.76. The van der Waals surface area contributed by atoms with Gasteiger partial charge in [0.15, 0.2) is 0 Å². The van der Waals surface area contributed by atoms with Gasteiger partial charge in [0.2, 0.25) is 5.91 Å². The molecule has 0 unspecified atom stereocenters. The fraction of sp³-hybridized carbons (Fsp3) is 0.583. The topological polar surface area (TPSA) is 127 Å². The maximum Gasteiger partial charge on any atom is 0.325 e.